The van der Waals surface area contributed by atoms with E-state index in [0.717, 1.165) is 6.07 Å². The highest BCUT2D eigenvalue weighted by Gasteiger charge is 2.38. The Morgan fingerprint density at radius 2 is 2.07 bits per heavy atom. The fraction of sp³-hybridized carbons (Fsp3) is 0.368. The summed E-state index contributed by atoms with van der Waals surface area (Å²) in [6, 6.07) is 2.82. The first-order valence-corrected chi connectivity index (χ1v) is 8.91. The van der Waals surface area contributed by atoms with Crippen LogP contribution in [0.25, 0.3) is 0 Å². The van der Waals surface area contributed by atoms with E-state index in [9.17, 15) is 22.8 Å². The van der Waals surface area contributed by atoms with E-state index in [1.54, 1.807) is 0 Å². The Labute approximate surface area is 164 Å². The number of fused-ring (bicyclic) bond motifs is 1. The topological polar surface area (TPSA) is 84.4 Å². The molecule has 154 valence electrons. The van der Waals surface area contributed by atoms with Crippen LogP contribution in [0.5, 0.6) is 5.75 Å². The van der Waals surface area contributed by atoms with Gasteiger partial charge in [0.05, 0.1) is 12.6 Å². The first-order chi connectivity index (χ1) is 13.6. The quantitative estimate of drug-likeness (QED) is 0.793. The molecule has 0 radical (unpaired) electrons. The number of carbonyl (C=O) groups is 2. The van der Waals surface area contributed by atoms with E-state index in [2.05, 4.69) is 20.0 Å². The van der Waals surface area contributed by atoms with Crippen molar-refractivity contribution in [3.8, 4) is 5.75 Å². The zero-order valence-corrected chi connectivity index (χ0v) is 15.7. The van der Waals surface area contributed by atoms with Gasteiger partial charge in [-0.2, -0.15) is 0 Å². The number of hydrogen-bond acceptors (Lipinski definition) is 5. The van der Waals surface area contributed by atoms with Gasteiger partial charge in [-0.1, -0.05) is 13.8 Å². The Morgan fingerprint density at radius 1 is 1.31 bits per heavy atom. The maximum absolute atomic E-state index is 12.9. The molecule has 1 aromatic heterocycles. The number of carbonyl (C=O) groups excluding carboxylic acids is 2. The predicted molar refractivity (Wildman–Crippen MR) is 98.2 cm³/mol. The lowest BCUT2D eigenvalue weighted by atomic mass is 10.0. The summed E-state index contributed by atoms with van der Waals surface area (Å²) in [5, 5.41) is 2.64. The largest absolute Gasteiger partial charge is 0.573 e. The number of benzene rings is 1. The maximum atomic E-state index is 12.9. The molecule has 0 aliphatic carbocycles. The molecule has 1 aliphatic heterocycles. The molecular formula is C19H19F3N4O3. The Kier molecular flexibility index (Phi) is 5.71. The molecule has 1 N–H and O–H groups in total. The molecule has 7 nitrogen and oxygen atoms in total. The Balaban J connectivity index is 1.89. The van der Waals surface area contributed by atoms with Gasteiger partial charge in [-0.3, -0.25) is 19.5 Å². The molecule has 2 heterocycles. The smallest absolute Gasteiger partial charge is 0.406 e. The minimum Gasteiger partial charge on any atom is -0.406 e. The lowest BCUT2D eigenvalue weighted by Crippen LogP contribution is -2.46. The number of hydrogen-bond donors (Lipinski definition) is 1. The summed E-state index contributed by atoms with van der Waals surface area (Å²) >= 11 is 0. The Bertz CT molecular complexity index is 903. The molecule has 2 amide bonds. The van der Waals surface area contributed by atoms with Crippen molar-refractivity contribution in [2.75, 3.05) is 10.2 Å². The molecule has 1 atom stereocenters. The zero-order valence-electron chi connectivity index (χ0n) is 15.7. The van der Waals surface area contributed by atoms with Gasteiger partial charge in [0.2, 0.25) is 11.8 Å². The normalized spacial score (nSPS) is 14.7. The van der Waals surface area contributed by atoms with Gasteiger partial charge in [0.15, 0.2) is 5.82 Å². The standard InChI is InChI=1S/C19H19F3N4O3/c1-11(2)7-15(18(28)25-16-10-23-5-6-24-16)26-14-4-3-13(29-19(20,21)22)8-12(14)9-17(26)27/h3-6,8,10-11,15H,7,9H2,1-2H3,(H,24,25,28). The number of aromatic nitrogens is 2. The van der Waals surface area contributed by atoms with Gasteiger partial charge in [0, 0.05) is 18.1 Å². The lowest BCUT2D eigenvalue weighted by molar-refractivity contribution is -0.274. The number of rotatable bonds is 6. The second-order valence-corrected chi connectivity index (χ2v) is 7.00. The third-order valence-electron chi connectivity index (χ3n) is 4.28. The predicted octanol–water partition coefficient (Wildman–Crippen LogP) is 3.32. The molecule has 0 bridgehead atoms. The molecule has 29 heavy (non-hydrogen) atoms. The third kappa shape index (κ3) is 5.01. The van der Waals surface area contributed by atoms with E-state index in [-0.39, 0.29) is 24.1 Å². The van der Waals surface area contributed by atoms with Crippen molar-refractivity contribution in [3.63, 3.8) is 0 Å². The van der Waals surface area contributed by atoms with Crippen LogP contribution in [0.3, 0.4) is 0 Å². The van der Waals surface area contributed by atoms with Gasteiger partial charge in [0.1, 0.15) is 11.8 Å². The Hall–Kier alpha value is -3.17. The van der Waals surface area contributed by atoms with Crippen LogP contribution in [0, 0.1) is 5.92 Å². The average molecular weight is 408 g/mol. The van der Waals surface area contributed by atoms with Gasteiger partial charge < -0.3 is 10.1 Å². The van der Waals surface area contributed by atoms with Crippen molar-refractivity contribution in [2.45, 2.75) is 39.1 Å². The molecular weight excluding hydrogens is 389 g/mol. The molecule has 2 aromatic rings. The van der Waals surface area contributed by atoms with E-state index in [4.69, 9.17) is 0 Å². The highest BCUT2D eigenvalue weighted by Crippen LogP contribution is 2.36. The first kappa shape index (κ1) is 20.6. The molecule has 0 saturated carbocycles. The van der Waals surface area contributed by atoms with Crippen molar-refractivity contribution in [1.82, 2.24) is 9.97 Å². The number of anilines is 2. The highest BCUT2D eigenvalue weighted by molar-refractivity contribution is 6.08. The number of halogens is 3. The van der Waals surface area contributed by atoms with Gasteiger partial charge in [0.25, 0.3) is 0 Å². The summed E-state index contributed by atoms with van der Waals surface area (Å²) in [7, 11) is 0. The second kappa shape index (κ2) is 8.06. The molecule has 1 aromatic carbocycles. The van der Waals surface area contributed by atoms with Crippen LogP contribution in [-0.4, -0.2) is 34.2 Å². The van der Waals surface area contributed by atoms with Gasteiger partial charge in [-0.25, -0.2) is 4.98 Å². The van der Waals surface area contributed by atoms with Crippen molar-refractivity contribution in [1.29, 1.82) is 0 Å². The van der Waals surface area contributed by atoms with Crippen LogP contribution in [0.1, 0.15) is 25.8 Å². The number of nitrogens with zero attached hydrogens (tertiary/aromatic N) is 3. The lowest BCUT2D eigenvalue weighted by Gasteiger charge is -2.29. The minimum atomic E-state index is -4.83. The number of nitrogens with one attached hydrogen (secondary N) is 1. The van der Waals surface area contributed by atoms with E-state index in [1.165, 1.54) is 35.6 Å². The first-order valence-electron chi connectivity index (χ1n) is 8.91. The molecule has 1 unspecified atom stereocenters. The molecule has 10 heteroatoms. The monoisotopic (exact) mass is 408 g/mol. The molecule has 0 fully saturated rings. The maximum Gasteiger partial charge on any atom is 0.573 e. The summed E-state index contributed by atoms with van der Waals surface area (Å²) in [5.74, 6) is -0.903. The van der Waals surface area contributed by atoms with Gasteiger partial charge in [-0.15, -0.1) is 13.2 Å². The molecule has 0 saturated heterocycles. The summed E-state index contributed by atoms with van der Waals surface area (Å²) in [4.78, 5) is 34.8. The molecule has 0 spiro atoms. The summed E-state index contributed by atoms with van der Waals surface area (Å²) in [5.41, 5.74) is 0.766. The van der Waals surface area contributed by atoms with Crippen LogP contribution in [0.4, 0.5) is 24.7 Å². The van der Waals surface area contributed by atoms with E-state index in [1.807, 2.05) is 13.8 Å². The van der Waals surface area contributed by atoms with Crippen molar-refractivity contribution in [3.05, 3.63) is 42.4 Å². The van der Waals surface area contributed by atoms with Crippen LogP contribution in [-0.2, 0) is 16.0 Å². The van der Waals surface area contributed by atoms with E-state index >= 15 is 0 Å². The van der Waals surface area contributed by atoms with Crippen molar-refractivity contribution in [2.24, 2.45) is 5.92 Å². The second-order valence-electron chi connectivity index (χ2n) is 7.00. The zero-order chi connectivity index (χ0) is 21.2. The van der Waals surface area contributed by atoms with Crippen molar-refractivity contribution < 1.29 is 27.5 Å². The average Bonchev–Trinajstić information content (AvgIpc) is 2.93. The van der Waals surface area contributed by atoms with E-state index in [0.29, 0.717) is 17.7 Å². The fourth-order valence-electron chi connectivity index (χ4n) is 3.21. The molecule has 3 rings (SSSR count). The molecule has 1 aliphatic rings. The van der Waals surface area contributed by atoms with Crippen LogP contribution in [0.15, 0.2) is 36.8 Å². The number of alkyl halides is 3. The summed E-state index contributed by atoms with van der Waals surface area (Å²) in [6.45, 7) is 3.81. The number of ether oxygens (including phenoxy) is 1. The van der Waals surface area contributed by atoms with Crippen LogP contribution in [0.2, 0.25) is 0 Å². The van der Waals surface area contributed by atoms with Gasteiger partial charge >= 0.3 is 6.36 Å². The third-order valence-corrected chi connectivity index (χ3v) is 4.28. The van der Waals surface area contributed by atoms with Gasteiger partial charge in [-0.05, 0) is 36.1 Å². The van der Waals surface area contributed by atoms with Crippen LogP contribution >= 0.6 is 0 Å². The Morgan fingerprint density at radius 3 is 2.69 bits per heavy atom. The number of amides is 2. The SMILES string of the molecule is CC(C)CC(C(=O)Nc1cnccn1)N1C(=O)Cc2cc(OC(F)(F)F)ccc21. The summed E-state index contributed by atoms with van der Waals surface area (Å²) in [6.07, 6.45) is -0.318. The van der Waals surface area contributed by atoms with Crippen molar-refractivity contribution >= 4 is 23.3 Å². The van der Waals surface area contributed by atoms with Crippen LogP contribution < -0.4 is 15.0 Å². The summed E-state index contributed by atoms with van der Waals surface area (Å²) < 4.78 is 41.3. The van der Waals surface area contributed by atoms with E-state index < -0.39 is 24.1 Å². The highest BCUT2D eigenvalue weighted by atomic mass is 19.4. The minimum absolute atomic E-state index is 0.0808. The fourth-order valence-corrected chi connectivity index (χ4v) is 3.21.